The second-order valence-corrected chi connectivity index (χ2v) is 5.01. The van der Waals surface area contributed by atoms with Crippen LogP contribution in [0.2, 0.25) is 0 Å². The highest BCUT2D eigenvalue weighted by Crippen LogP contribution is 2.19. The maximum atomic E-state index is 5.66. The normalized spacial score (nSPS) is 15.1. The van der Waals surface area contributed by atoms with Gasteiger partial charge in [-0.15, -0.1) is 0 Å². The van der Waals surface area contributed by atoms with E-state index in [1.54, 1.807) is 0 Å². The number of rotatable bonds is 5. The third-order valence-corrected chi connectivity index (χ3v) is 3.60. The Morgan fingerprint density at radius 3 is 2.31 bits per heavy atom. The highest BCUT2D eigenvalue weighted by Gasteiger charge is 2.19. The van der Waals surface area contributed by atoms with Gasteiger partial charge < -0.3 is 0 Å². The smallest absolute Gasteiger partial charge is 0.0279 e. The number of aryl methyl sites for hydroxylation is 1. The Morgan fingerprint density at radius 1 is 1.19 bits per heavy atom. The molecule has 1 aromatic carbocycles. The van der Waals surface area contributed by atoms with Crippen LogP contribution < -0.4 is 11.3 Å². The zero-order chi connectivity index (χ0) is 12.1. The number of nitrogens with two attached hydrogens (primary N) is 1. The molecule has 1 aromatic rings. The molecular weight excluding hydrogens is 196 g/mol. The second kappa shape index (κ2) is 6.02. The Labute approximate surface area is 99.2 Å². The van der Waals surface area contributed by atoms with E-state index < -0.39 is 0 Å². The molecule has 0 heterocycles. The summed E-state index contributed by atoms with van der Waals surface area (Å²) < 4.78 is 0. The minimum Gasteiger partial charge on any atom is -0.271 e. The first-order valence-electron chi connectivity index (χ1n) is 6.07. The van der Waals surface area contributed by atoms with Crippen LogP contribution in [0.15, 0.2) is 24.3 Å². The summed E-state index contributed by atoms with van der Waals surface area (Å²) in [5.74, 6) is 6.88. The molecule has 0 aliphatic rings. The van der Waals surface area contributed by atoms with Crippen molar-refractivity contribution in [3.05, 3.63) is 35.4 Å². The van der Waals surface area contributed by atoms with Crippen LogP contribution in [0.4, 0.5) is 0 Å². The predicted molar refractivity (Wildman–Crippen MR) is 70.0 cm³/mol. The molecule has 0 aliphatic heterocycles. The molecule has 0 radical (unpaired) electrons. The minimum atomic E-state index is 0.348. The SMILES string of the molecule is Cc1ccccc1CC(NN)C(C)C(C)C. The van der Waals surface area contributed by atoms with Crippen molar-refractivity contribution in [3.63, 3.8) is 0 Å². The van der Waals surface area contributed by atoms with Gasteiger partial charge in [-0.25, -0.2) is 0 Å². The summed E-state index contributed by atoms with van der Waals surface area (Å²) in [5, 5.41) is 0. The fraction of sp³-hybridized carbons (Fsp3) is 0.571. The van der Waals surface area contributed by atoms with Gasteiger partial charge in [0.05, 0.1) is 0 Å². The van der Waals surface area contributed by atoms with Crippen LogP contribution >= 0.6 is 0 Å². The number of nitrogens with one attached hydrogen (secondary N) is 1. The Bertz CT molecular complexity index is 320. The van der Waals surface area contributed by atoms with Crippen molar-refractivity contribution in [1.82, 2.24) is 5.43 Å². The van der Waals surface area contributed by atoms with E-state index in [1.807, 2.05) is 0 Å². The summed E-state index contributed by atoms with van der Waals surface area (Å²) >= 11 is 0. The first-order chi connectivity index (χ1) is 7.56. The molecule has 1 rings (SSSR count). The number of hydrogen-bond acceptors (Lipinski definition) is 2. The summed E-state index contributed by atoms with van der Waals surface area (Å²) in [5.41, 5.74) is 5.69. The zero-order valence-electron chi connectivity index (χ0n) is 10.8. The molecule has 0 bridgehead atoms. The van der Waals surface area contributed by atoms with Crippen molar-refractivity contribution < 1.29 is 0 Å². The van der Waals surface area contributed by atoms with Crippen molar-refractivity contribution in [2.24, 2.45) is 17.7 Å². The number of hydrazine groups is 1. The Balaban J connectivity index is 2.74. The lowest BCUT2D eigenvalue weighted by Crippen LogP contribution is -2.43. The van der Waals surface area contributed by atoms with Crippen molar-refractivity contribution in [2.75, 3.05) is 0 Å². The fourth-order valence-corrected chi connectivity index (χ4v) is 1.94. The molecule has 16 heavy (non-hydrogen) atoms. The zero-order valence-corrected chi connectivity index (χ0v) is 10.8. The summed E-state index contributed by atoms with van der Waals surface area (Å²) in [6.07, 6.45) is 1.00. The van der Waals surface area contributed by atoms with Gasteiger partial charge in [0.2, 0.25) is 0 Å². The van der Waals surface area contributed by atoms with Gasteiger partial charge in [0.1, 0.15) is 0 Å². The molecule has 0 saturated carbocycles. The molecule has 3 N–H and O–H groups in total. The van der Waals surface area contributed by atoms with Gasteiger partial charge in [0.25, 0.3) is 0 Å². The first kappa shape index (κ1) is 13.2. The molecule has 0 amide bonds. The van der Waals surface area contributed by atoms with Gasteiger partial charge in [0, 0.05) is 6.04 Å². The monoisotopic (exact) mass is 220 g/mol. The average Bonchev–Trinajstić information content (AvgIpc) is 2.27. The van der Waals surface area contributed by atoms with Crippen LogP contribution in [-0.4, -0.2) is 6.04 Å². The number of benzene rings is 1. The molecule has 0 saturated heterocycles. The van der Waals surface area contributed by atoms with Crippen LogP contribution in [-0.2, 0) is 6.42 Å². The van der Waals surface area contributed by atoms with Crippen molar-refractivity contribution in [2.45, 2.75) is 40.2 Å². The van der Waals surface area contributed by atoms with Crippen molar-refractivity contribution in [1.29, 1.82) is 0 Å². The van der Waals surface area contributed by atoms with Crippen LogP contribution in [0.5, 0.6) is 0 Å². The highest BCUT2D eigenvalue weighted by atomic mass is 15.2. The van der Waals surface area contributed by atoms with Crippen LogP contribution in [0.1, 0.15) is 31.9 Å². The maximum Gasteiger partial charge on any atom is 0.0279 e. The van der Waals surface area contributed by atoms with Crippen LogP contribution in [0, 0.1) is 18.8 Å². The van der Waals surface area contributed by atoms with Gasteiger partial charge in [0.15, 0.2) is 0 Å². The second-order valence-electron chi connectivity index (χ2n) is 5.01. The molecule has 2 atom stereocenters. The Morgan fingerprint density at radius 2 is 1.81 bits per heavy atom. The van der Waals surface area contributed by atoms with Gasteiger partial charge in [-0.05, 0) is 36.3 Å². The summed E-state index contributed by atoms with van der Waals surface area (Å²) in [6, 6.07) is 8.86. The third-order valence-electron chi connectivity index (χ3n) is 3.60. The summed E-state index contributed by atoms with van der Waals surface area (Å²) in [4.78, 5) is 0. The fourth-order valence-electron chi connectivity index (χ4n) is 1.94. The molecule has 0 spiro atoms. The average molecular weight is 220 g/mol. The largest absolute Gasteiger partial charge is 0.271 e. The molecule has 0 fully saturated rings. The van der Waals surface area contributed by atoms with E-state index in [2.05, 4.69) is 57.4 Å². The first-order valence-corrected chi connectivity index (χ1v) is 6.07. The minimum absolute atomic E-state index is 0.348. The lowest BCUT2D eigenvalue weighted by molar-refractivity contribution is 0.299. The summed E-state index contributed by atoms with van der Waals surface area (Å²) in [6.45, 7) is 8.90. The standard InChI is InChI=1S/C14H24N2/c1-10(2)12(4)14(16-15)9-13-8-6-5-7-11(13)3/h5-8,10,12,14,16H,9,15H2,1-4H3. The lowest BCUT2D eigenvalue weighted by Gasteiger charge is -2.26. The molecule has 2 heteroatoms. The highest BCUT2D eigenvalue weighted by molar-refractivity contribution is 5.26. The molecule has 0 aliphatic carbocycles. The van der Waals surface area contributed by atoms with Gasteiger partial charge >= 0.3 is 0 Å². The number of hydrogen-bond donors (Lipinski definition) is 2. The molecule has 2 unspecified atom stereocenters. The summed E-state index contributed by atoms with van der Waals surface area (Å²) in [7, 11) is 0. The molecular formula is C14H24N2. The lowest BCUT2D eigenvalue weighted by atomic mass is 9.86. The van der Waals surface area contributed by atoms with Crippen molar-refractivity contribution in [3.8, 4) is 0 Å². The third kappa shape index (κ3) is 3.32. The molecule has 2 nitrogen and oxygen atoms in total. The van der Waals surface area contributed by atoms with E-state index in [4.69, 9.17) is 5.84 Å². The Hall–Kier alpha value is -0.860. The predicted octanol–water partition coefficient (Wildman–Crippen LogP) is 2.66. The quantitative estimate of drug-likeness (QED) is 0.591. The molecule has 0 aromatic heterocycles. The van der Waals surface area contributed by atoms with Crippen molar-refractivity contribution >= 4 is 0 Å². The van der Waals surface area contributed by atoms with Gasteiger partial charge in [-0.1, -0.05) is 45.0 Å². The van der Waals surface area contributed by atoms with Crippen LogP contribution in [0.25, 0.3) is 0 Å². The molecule has 90 valence electrons. The topological polar surface area (TPSA) is 38.0 Å². The maximum absolute atomic E-state index is 5.66. The van der Waals surface area contributed by atoms with E-state index in [9.17, 15) is 0 Å². The van der Waals surface area contributed by atoms with E-state index in [0.717, 1.165) is 6.42 Å². The van der Waals surface area contributed by atoms with E-state index >= 15 is 0 Å². The Kier molecular flexibility index (Phi) is 4.97. The van der Waals surface area contributed by atoms with E-state index in [0.29, 0.717) is 17.9 Å². The van der Waals surface area contributed by atoms with Gasteiger partial charge in [-0.2, -0.15) is 0 Å². The van der Waals surface area contributed by atoms with E-state index in [-0.39, 0.29) is 0 Å². The van der Waals surface area contributed by atoms with Crippen LogP contribution in [0.3, 0.4) is 0 Å². The van der Waals surface area contributed by atoms with E-state index in [1.165, 1.54) is 11.1 Å². The van der Waals surface area contributed by atoms with Gasteiger partial charge in [-0.3, -0.25) is 11.3 Å².